The SMILES string of the molecule is CCC[CH]P(=O)(O)O. The van der Waals surface area contributed by atoms with Crippen LogP contribution in [0.1, 0.15) is 19.8 Å². The van der Waals surface area contributed by atoms with Crippen LogP contribution in [0.25, 0.3) is 0 Å². The first kappa shape index (κ1) is 8.15. The Morgan fingerprint density at radius 3 is 2.25 bits per heavy atom. The Morgan fingerprint density at radius 1 is 1.62 bits per heavy atom. The van der Waals surface area contributed by atoms with Gasteiger partial charge < -0.3 is 9.79 Å². The standard InChI is InChI=1S/C4H10O3P/c1-2-3-4-8(5,6)7/h4H,2-3H2,1H3,(H2,5,6,7). The average Bonchev–Trinajstić information content (AvgIpc) is 1.59. The molecule has 0 unspecified atom stereocenters. The maximum absolute atomic E-state index is 10.0. The van der Waals surface area contributed by atoms with Gasteiger partial charge in [-0.1, -0.05) is 13.3 Å². The molecule has 0 saturated carbocycles. The maximum Gasteiger partial charge on any atom is 0.329 e. The summed E-state index contributed by atoms with van der Waals surface area (Å²) >= 11 is 0. The van der Waals surface area contributed by atoms with Gasteiger partial charge in [0.15, 0.2) is 0 Å². The van der Waals surface area contributed by atoms with E-state index < -0.39 is 7.60 Å². The van der Waals surface area contributed by atoms with Gasteiger partial charge in [0.2, 0.25) is 0 Å². The summed E-state index contributed by atoms with van der Waals surface area (Å²) < 4.78 is 10.0. The second-order valence-corrected chi connectivity index (χ2v) is 3.10. The van der Waals surface area contributed by atoms with Gasteiger partial charge in [0.05, 0.1) is 6.16 Å². The van der Waals surface area contributed by atoms with Crippen molar-refractivity contribution in [3.8, 4) is 0 Å². The van der Waals surface area contributed by atoms with E-state index in [-0.39, 0.29) is 0 Å². The fourth-order valence-electron chi connectivity index (χ4n) is 0.297. The van der Waals surface area contributed by atoms with E-state index in [4.69, 9.17) is 9.79 Å². The van der Waals surface area contributed by atoms with E-state index in [0.29, 0.717) is 6.42 Å². The first-order valence-corrected chi connectivity index (χ1v) is 4.14. The summed E-state index contributed by atoms with van der Waals surface area (Å²) in [6.45, 7) is 1.87. The molecule has 0 spiro atoms. The first-order valence-electron chi connectivity index (χ1n) is 2.46. The van der Waals surface area contributed by atoms with Gasteiger partial charge in [-0.25, -0.2) is 0 Å². The van der Waals surface area contributed by atoms with Crippen LogP contribution < -0.4 is 0 Å². The highest BCUT2D eigenvalue weighted by Gasteiger charge is 2.10. The summed E-state index contributed by atoms with van der Waals surface area (Å²) in [5.74, 6) is 0. The van der Waals surface area contributed by atoms with Crippen LogP contribution in [0, 0.1) is 6.16 Å². The summed E-state index contributed by atoms with van der Waals surface area (Å²) in [5, 5.41) is 0. The summed E-state index contributed by atoms with van der Waals surface area (Å²) in [7, 11) is -3.81. The molecule has 0 aromatic heterocycles. The van der Waals surface area contributed by atoms with Crippen LogP contribution >= 0.6 is 7.60 Å². The van der Waals surface area contributed by atoms with Gasteiger partial charge in [-0.2, -0.15) is 0 Å². The fourth-order valence-corrected chi connectivity index (χ4v) is 0.892. The van der Waals surface area contributed by atoms with Crippen LogP contribution in [0.2, 0.25) is 0 Å². The Labute approximate surface area is 48.9 Å². The van der Waals surface area contributed by atoms with E-state index in [0.717, 1.165) is 12.6 Å². The summed E-state index contributed by atoms with van der Waals surface area (Å²) in [6, 6.07) is 0. The minimum absolute atomic E-state index is 0.490. The van der Waals surface area contributed by atoms with Gasteiger partial charge in [-0.3, -0.25) is 4.57 Å². The van der Waals surface area contributed by atoms with Crippen molar-refractivity contribution < 1.29 is 14.4 Å². The lowest BCUT2D eigenvalue weighted by atomic mass is 10.4. The lowest BCUT2D eigenvalue weighted by Crippen LogP contribution is -1.77. The van der Waals surface area contributed by atoms with Gasteiger partial charge in [0.1, 0.15) is 0 Å². The zero-order valence-corrected chi connectivity index (χ0v) is 5.64. The predicted octanol–water partition coefficient (Wildman–Crippen LogP) is 1.13. The molecule has 0 heterocycles. The topological polar surface area (TPSA) is 57.5 Å². The molecule has 0 atom stereocenters. The molecule has 8 heavy (non-hydrogen) atoms. The summed E-state index contributed by atoms with van der Waals surface area (Å²) in [6.07, 6.45) is 2.31. The Kier molecular flexibility index (Phi) is 3.29. The summed E-state index contributed by atoms with van der Waals surface area (Å²) in [5.41, 5.74) is 0. The van der Waals surface area contributed by atoms with Crippen molar-refractivity contribution in [1.82, 2.24) is 0 Å². The van der Waals surface area contributed by atoms with Crippen molar-refractivity contribution >= 4 is 7.60 Å². The third-order valence-corrected chi connectivity index (χ3v) is 1.39. The fraction of sp³-hybridized carbons (Fsp3) is 0.750. The van der Waals surface area contributed by atoms with Crippen LogP contribution in [0.4, 0.5) is 0 Å². The monoisotopic (exact) mass is 137 g/mol. The van der Waals surface area contributed by atoms with Crippen molar-refractivity contribution in [3.05, 3.63) is 6.16 Å². The highest BCUT2D eigenvalue weighted by molar-refractivity contribution is 7.54. The Bertz CT molecular complexity index is 95.5. The van der Waals surface area contributed by atoms with E-state index in [1.807, 2.05) is 6.92 Å². The second kappa shape index (κ2) is 3.23. The molecule has 1 radical (unpaired) electrons. The highest BCUT2D eigenvalue weighted by atomic mass is 31.2. The van der Waals surface area contributed by atoms with E-state index in [9.17, 15) is 4.57 Å². The molecule has 0 bridgehead atoms. The van der Waals surface area contributed by atoms with E-state index >= 15 is 0 Å². The zero-order valence-electron chi connectivity index (χ0n) is 4.74. The van der Waals surface area contributed by atoms with Gasteiger partial charge >= 0.3 is 7.60 Å². The third-order valence-electron chi connectivity index (χ3n) is 0.656. The summed E-state index contributed by atoms with van der Waals surface area (Å²) in [4.78, 5) is 16.4. The van der Waals surface area contributed by atoms with E-state index in [1.54, 1.807) is 0 Å². The molecule has 3 nitrogen and oxygen atoms in total. The van der Waals surface area contributed by atoms with Gasteiger partial charge in [-0.15, -0.1) is 0 Å². The van der Waals surface area contributed by atoms with Crippen LogP contribution in [0.5, 0.6) is 0 Å². The lowest BCUT2D eigenvalue weighted by molar-refractivity contribution is 0.379. The second-order valence-electron chi connectivity index (χ2n) is 1.56. The third kappa shape index (κ3) is 6.15. The molecule has 0 aliphatic rings. The number of hydrogen-bond donors (Lipinski definition) is 2. The van der Waals surface area contributed by atoms with Crippen molar-refractivity contribution in [1.29, 1.82) is 0 Å². The number of unbranched alkanes of at least 4 members (excludes halogenated alkanes) is 1. The van der Waals surface area contributed by atoms with Crippen molar-refractivity contribution in [3.63, 3.8) is 0 Å². The van der Waals surface area contributed by atoms with Gasteiger partial charge in [0.25, 0.3) is 0 Å². The normalized spacial score (nSPS) is 11.9. The number of rotatable bonds is 3. The molecule has 0 aromatic carbocycles. The molecule has 0 rings (SSSR count). The maximum atomic E-state index is 10.0. The first-order chi connectivity index (χ1) is 3.56. The van der Waals surface area contributed by atoms with Crippen molar-refractivity contribution in [2.45, 2.75) is 19.8 Å². The molecule has 0 amide bonds. The molecular formula is C4H10O3P. The molecule has 2 N–H and O–H groups in total. The molecule has 0 fully saturated rings. The van der Waals surface area contributed by atoms with Crippen LogP contribution in [-0.2, 0) is 4.57 Å². The Morgan fingerprint density at radius 2 is 2.12 bits per heavy atom. The Balaban J connectivity index is 3.26. The van der Waals surface area contributed by atoms with Crippen molar-refractivity contribution in [2.24, 2.45) is 0 Å². The van der Waals surface area contributed by atoms with Crippen LogP contribution in [0.15, 0.2) is 0 Å². The molecular weight excluding hydrogens is 127 g/mol. The molecule has 0 aliphatic carbocycles. The number of hydrogen-bond acceptors (Lipinski definition) is 1. The quantitative estimate of drug-likeness (QED) is 0.573. The van der Waals surface area contributed by atoms with E-state index in [2.05, 4.69) is 0 Å². The molecule has 0 saturated heterocycles. The molecule has 0 aliphatic heterocycles. The van der Waals surface area contributed by atoms with Gasteiger partial charge in [0, 0.05) is 0 Å². The van der Waals surface area contributed by atoms with E-state index in [1.165, 1.54) is 0 Å². The van der Waals surface area contributed by atoms with Crippen LogP contribution in [-0.4, -0.2) is 9.79 Å². The molecule has 49 valence electrons. The minimum atomic E-state index is -3.81. The highest BCUT2D eigenvalue weighted by Crippen LogP contribution is 2.39. The predicted molar refractivity (Wildman–Crippen MR) is 31.3 cm³/mol. The molecule has 4 heteroatoms. The zero-order chi connectivity index (χ0) is 6.62. The largest absolute Gasteiger partial charge is 0.329 e. The van der Waals surface area contributed by atoms with Crippen LogP contribution in [0.3, 0.4) is 0 Å². The van der Waals surface area contributed by atoms with Crippen molar-refractivity contribution in [2.75, 3.05) is 0 Å². The molecule has 0 aromatic rings. The smallest absolute Gasteiger partial charge is 0.324 e. The Hall–Kier alpha value is 0.150. The van der Waals surface area contributed by atoms with Gasteiger partial charge in [-0.05, 0) is 6.42 Å². The minimum Gasteiger partial charge on any atom is -0.324 e. The lowest BCUT2D eigenvalue weighted by Gasteiger charge is -1.98. The average molecular weight is 137 g/mol.